The number of alkyl halides is 3. The Hall–Kier alpha value is -3.27. The summed E-state index contributed by atoms with van der Waals surface area (Å²) in [5.74, 6) is -0.328. The van der Waals surface area contributed by atoms with Gasteiger partial charge in [-0.1, -0.05) is 31.2 Å². The number of hydrogen-bond donors (Lipinski definition) is 1. The summed E-state index contributed by atoms with van der Waals surface area (Å²) < 4.78 is 41.4. The fraction of sp³-hybridized carbons (Fsp3) is 0.273. The number of halogens is 3. The highest BCUT2D eigenvalue weighted by atomic mass is 19.4. The van der Waals surface area contributed by atoms with Gasteiger partial charge >= 0.3 is 6.36 Å². The van der Waals surface area contributed by atoms with Gasteiger partial charge in [-0.25, -0.2) is 0 Å². The van der Waals surface area contributed by atoms with Crippen LogP contribution >= 0.6 is 0 Å². The first-order valence-electron chi connectivity index (χ1n) is 9.06. The second-order valence-electron chi connectivity index (χ2n) is 7.10. The van der Waals surface area contributed by atoms with Crippen LogP contribution in [0, 0.1) is 11.3 Å². The van der Waals surface area contributed by atoms with Crippen molar-refractivity contribution in [2.24, 2.45) is 0 Å². The lowest BCUT2D eigenvalue weighted by Crippen LogP contribution is -2.23. The first-order valence-corrected chi connectivity index (χ1v) is 9.06. The Kier molecular flexibility index (Phi) is 5.38. The molecular weight excluding hydrogens is 381 g/mol. The van der Waals surface area contributed by atoms with E-state index in [1.54, 1.807) is 25.1 Å². The normalized spacial score (nSPS) is 13.7. The first-order chi connectivity index (χ1) is 13.6. The summed E-state index contributed by atoms with van der Waals surface area (Å²) in [5, 5.41) is 10.7. The quantitative estimate of drug-likeness (QED) is 0.655. The summed E-state index contributed by atoms with van der Waals surface area (Å²) in [4.78, 5) is 14.9. The van der Waals surface area contributed by atoms with E-state index in [2.05, 4.69) is 15.8 Å². The van der Waals surface area contributed by atoms with Crippen molar-refractivity contribution in [3.05, 3.63) is 75.6 Å². The van der Waals surface area contributed by atoms with Crippen LogP contribution < -0.4 is 10.3 Å². The molecule has 1 heterocycles. The van der Waals surface area contributed by atoms with Crippen LogP contribution in [0.15, 0.2) is 53.3 Å². The van der Waals surface area contributed by atoms with Crippen LogP contribution in [0.25, 0.3) is 10.9 Å². The number of benzene rings is 2. The third-order valence-corrected chi connectivity index (χ3v) is 4.88. The fourth-order valence-corrected chi connectivity index (χ4v) is 3.32. The molecule has 0 aliphatic rings. The Labute approximate surface area is 165 Å². The van der Waals surface area contributed by atoms with E-state index in [1.807, 2.05) is 19.1 Å². The minimum Gasteiger partial charge on any atom is -0.406 e. The van der Waals surface area contributed by atoms with Crippen molar-refractivity contribution in [3.63, 3.8) is 0 Å². The van der Waals surface area contributed by atoms with Crippen molar-refractivity contribution in [1.29, 1.82) is 5.26 Å². The number of nitrogens with one attached hydrogen (secondary N) is 1. The van der Waals surface area contributed by atoms with E-state index in [0.29, 0.717) is 28.6 Å². The lowest BCUT2D eigenvalue weighted by atomic mass is 9.78. The van der Waals surface area contributed by atoms with Gasteiger partial charge in [0.2, 0.25) is 0 Å². The predicted molar refractivity (Wildman–Crippen MR) is 104 cm³/mol. The molecule has 29 heavy (non-hydrogen) atoms. The minimum atomic E-state index is -4.78. The molecule has 1 atom stereocenters. The number of aromatic nitrogens is 1. The van der Waals surface area contributed by atoms with Gasteiger partial charge in [-0.15, -0.1) is 13.2 Å². The highest BCUT2D eigenvalue weighted by Crippen LogP contribution is 2.31. The first kappa shape index (κ1) is 20.5. The molecule has 3 rings (SSSR count). The fourth-order valence-electron chi connectivity index (χ4n) is 3.32. The Balaban J connectivity index is 1.96. The number of ether oxygens (including phenoxy) is 1. The molecule has 0 saturated carbocycles. The number of aromatic amines is 1. The number of nitrogens with zero attached hydrogens (tertiary/aromatic N) is 1. The monoisotopic (exact) mass is 400 g/mol. The Morgan fingerprint density at radius 3 is 2.55 bits per heavy atom. The van der Waals surface area contributed by atoms with Gasteiger partial charge in [0.05, 0.1) is 11.5 Å². The molecule has 0 amide bonds. The van der Waals surface area contributed by atoms with Gasteiger partial charge in [0.25, 0.3) is 5.56 Å². The van der Waals surface area contributed by atoms with E-state index in [-0.39, 0.29) is 17.7 Å². The maximum atomic E-state index is 12.5. The van der Waals surface area contributed by atoms with Crippen molar-refractivity contribution >= 4 is 10.9 Å². The zero-order valence-corrected chi connectivity index (χ0v) is 15.9. The molecule has 1 unspecified atom stereocenters. The van der Waals surface area contributed by atoms with Crippen molar-refractivity contribution in [2.45, 2.75) is 38.5 Å². The zero-order chi connectivity index (χ0) is 21.2. The Bertz CT molecular complexity index is 1150. The Morgan fingerprint density at radius 2 is 1.90 bits per heavy atom. The lowest BCUT2D eigenvalue weighted by molar-refractivity contribution is -0.274. The summed E-state index contributed by atoms with van der Waals surface area (Å²) in [7, 11) is 0. The molecule has 0 radical (unpaired) electrons. The van der Waals surface area contributed by atoms with Gasteiger partial charge in [0.1, 0.15) is 5.75 Å². The largest absolute Gasteiger partial charge is 0.573 e. The van der Waals surface area contributed by atoms with Gasteiger partial charge < -0.3 is 9.72 Å². The number of aryl methyl sites for hydroxylation is 1. The van der Waals surface area contributed by atoms with Crippen LogP contribution in [0.2, 0.25) is 0 Å². The van der Waals surface area contributed by atoms with E-state index in [9.17, 15) is 23.2 Å². The van der Waals surface area contributed by atoms with E-state index < -0.39 is 11.8 Å². The third kappa shape index (κ3) is 4.60. The molecular formula is C22H19F3N2O2. The number of fused-ring (bicyclic) bond motifs is 1. The molecule has 150 valence electrons. The molecule has 0 aliphatic heterocycles. The number of pyridine rings is 1. The van der Waals surface area contributed by atoms with E-state index in [0.717, 1.165) is 5.39 Å². The van der Waals surface area contributed by atoms with Crippen LogP contribution in [-0.2, 0) is 18.3 Å². The average molecular weight is 400 g/mol. The van der Waals surface area contributed by atoms with Gasteiger partial charge in [-0.2, -0.15) is 5.26 Å². The van der Waals surface area contributed by atoms with Crippen molar-refractivity contribution in [1.82, 2.24) is 4.98 Å². The smallest absolute Gasteiger partial charge is 0.406 e. The standard InChI is InChI=1S/C22H19F3N2O2/c1-3-15-10-16-7-8-17(11-19(16)27-20(15)28)21(2,13-26)12-14-5-4-6-18(9-14)29-22(23,24)25/h4-11H,3,12H2,1-2H3,(H,27,28). The molecule has 0 aliphatic carbocycles. The number of nitriles is 1. The molecule has 7 heteroatoms. The summed E-state index contributed by atoms with van der Waals surface area (Å²) >= 11 is 0. The molecule has 3 aromatic rings. The van der Waals surface area contributed by atoms with Crippen LogP contribution in [0.5, 0.6) is 5.75 Å². The molecule has 0 spiro atoms. The van der Waals surface area contributed by atoms with Gasteiger partial charge in [0.15, 0.2) is 0 Å². The van der Waals surface area contributed by atoms with Crippen molar-refractivity contribution in [3.8, 4) is 11.8 Å². The summed E-state index contributed by atoms with van der Waals surface area (Å²) in [6.45, 7) is 3.61. The highest BCUT2D eigenvalue weighted by Gasteiger charge is 2.32. The highest BCUT2D eigenvalue weighted by molar-refractivity contribution is 5.80. The molecule has 0 saturated heterocycles. The van der Waals surface area contributed by atoms with Crippen molar-refractivity contribution < 1.29 is 17.9 Å². The average Bonchev–Trinajstić information content (AvgIpc) is 2.65. The molecule has 0 bridgehead atoms. The molecule has 4 nitrogen and oxygen atoms in total. The molecule has 1 N–H and O–H groups in total. The number of hydrogen-bond acceptors (Lipinski definition) is 3. The number of H-pyrrole nitrogens is 1. The summed E-state index contributed by atoms with van der Waals surface area (Å²) in [6, 6.07) is 15.1. The second-order valence-corrected chi connectivity index (χ2v) is 7.10. The van der Waals surface area contributed by atoms with Gasteiger partial charge in [-0.05, 0) is 60.5 Å². The predicted octanol–water partition coefficient (Wildman–Crippen LogP) is 5.01. The van der Waals surface area contributed by atoms with E-state index in [4.69, 9.17) is 0 Å². The topological polar surface area (TPSA) is 65.9 Å². The SMILES string of the molecule is CCc1cc2ccc(C(C)(C#N)Cc3cccc(OC(F)(F)F)c3)cc2[nH]c1=O. The van der Waals surface area contributed by atoms with Crippen LogP contribution in [0.1, 0.15) is 30.5 Å². The van der Waals surface area contributed by atoms with Crippen LogP contribution in [0.3, 0.4) is 0 Å². The lowest BCUT2D eigenvalue weighted by Gasteiger charge is -2.23. The molecule has 2 aromatic carbocycles. The van der Waals surface area contributed by atoms with Crippen molar-refractivity contribution in [2.75, 3.05) is 0 Å². The summed E-state index contributed by atoms with van der Waals surface area (Å²) in [6.07, 6.45) is -3.99. The second kappa shape index (κ2) is 7.63. The Morgan fingerprint density at radius 1 is 1.14 bits per heavy atom. The van der Waals surface area contributed by atoms with Gasteiger partial charge in [0, 0.05) is 11.1 Å². The van der Waals surface area contributed by atoms with E-state index >= 15 is 0 Å². The van der Waals surface area contributed by atoms with Crippen LogP contribution in [0.4, 0.5) is 13.2 Å². The maximum absolute atomic E-state index is 12.5. The van der Waals surface area contributed by atoms with E-state index in [1.165, 1.54) is 18.2 Å². The zero-order valence-electron chi connectivity index (χ0n) is 15.9. The third-order valence-electron chi connectivity index (χ3n) is 4.88. The molecule has 0 fully saturated rings. The van der Waals surface area contributed by atoms with Gasteiger partial charge in [-0.3, -0.25) is 4.79 Å². The minimum absolute atomic E-state index is 0.173. The van der Waals surface area contributed by atoms with Crippen LogP contribution in [-0.4, -0.2) is 11.3 Å². The summed E-state index contributed by atoms with van der Waals surface area (Å²) in [5.41, 5.74) is 1.30. The maximum Gasteiger partial charge on any atom is 0.573 e. The number of rotatable bonds is 5. The molecule has 1 aromatic heterocycles.